The van der Waals surface area contributed by atoms with E-state index in [1.54, 1.807) is 0 Å². The Labute approximate surface area is 117 Å². The van der Waals surface area contributed by atoms with Crippen molar-refractivity contribution >= 4 is 5.71 Å². The van der Waals surface area contributed by atoms with E-state index in [2.05, 4.69) is 10.9 Å². The van der Waals surface area contributed by atoms with Gasteiger partial charge in [-0.1, -0.05) is 30.3 Å². The molecular weight excluding hydrogens is 331 g/mol. The first kappa shape index (κ1) is 18.1. The van der Waals surface area contributed by atoms with Crippen LogP contribution in [-0.2, 0) is 0 Å². The Bertz CT molecular complexity index is 548. The van der Waals surface area contributed by atoms with Crippen LogP contribution in [0.5, 0.6) is 0 Å². The minimum Gasteiger partial charge on any atom is -0.323 e. The van der Waals surface area contributed by atoms with E-state index in [9.17, 15) is 39.5 Å². The van der Waals surface area contributed by atoms with Gasteiger partial charge in [-0.25, -0.2) is 0 Å². The lowest BCUT2D eigenvalue weighted by atomic mass is 9.95. The molecule has 0 aromatic heterocycles. The summed E-state index contributed by atoms with van der Waals surface area (Å²) in [5.74, 6) is -15.3. The van der Waals surface area contributed by atoms with E-state index in [4.69, 9.17) is 0 Å². The van der Waals surface area contributed by atoms with Gasteiger partial charge in [0.25, 0.3) is 0 Å². The molecule has 0 heterocycles. The molecular formula is C11H7F9N2. The summed E-state index contributed by atoms with van der Waals surface area (Å²) in [6.07, 6.45) is -6.89. The SMILES string of the molecule is N/N=C(/c1ccccc1)C(F)(F)C(F)(F)C(F)(F)C(F)(F)F. The Kier molecular flexibility index (Phi) is 4.41. The van der Waals surface area contributed by atoms with Gasteiger partial charge in [0.15, 0.2) is 0 Å². The van der Waals surface area contributed by atoms with Crippen LogP contribution in [0.1, 0.15) is 5.56 Å². The molecule has 0 amide bonds. The Hall–Kier alpha value is -1.94. The highest BCUT2D eigenvalue weighted by atomic mass is 19.4. The third kappa shape index (κ3) is 2.59. The molecule has 0 aliphatic rings. The average Bonchev–Trinajstić information content (AvgIpc) is 2.38. The first-order chi connectivity index (χ1) is 9.80. The van der Waals surface area contributed by atoms with Crippen molar-refractivity contribution in [3.05, 3.63) is 35.9 Å². The van der Waals surface area contributed by atoms with Gasteiger partial charge >= 0.3 is 23.9 Å². The highest BCUT2D eigenvalue weighted by Crippen LogP contribution is 2.53. The molecule has 0 fully saturated rings. The van der Waals surface area contributed by atoms with E-state index < -0.39 is 35.2 Å². The number of benzene rings is 1. The fourth-order valence-electron chi connectivity index (χ4n) is 1.46. The van der Waals surface area contributed by atoms with E-state index >= 15 is 0 Å². The van der Waals surface area contributed by atoms with Gasteiger partial charge in [0.05, 0.1) is 0 Å². The minimum absolute atomic E-state index is 0.751. The molecule has 1 aromatic carbocycles. The van der Waals surface area contributed by atoms with Crippen LogP contribution in [0.4, 0.5) is 39.5 Å². The van der Waals surface area contributed by atoms with Crippen LogP contribution >= 0.6 is 0 Å². The number of alkyl halides is 9. The van der Waals surface area contributed by atoms with Gasteiger partial charge in [-0.2, -0.15) is 44.6 Å². The molecule has 2 nitrogen and oxygen atoms in total. The zero-order chi connectivity index (χ0) is 17.4. The monoisotopic (exact) mass is 338 g/mol. The average molecular weight is 338 g/mol. The van der Waals surface area contributed by atoms with Crippen LogP contribution in [0.2, 0.25) is 0 Å². The van der Waals surface area contributed by atoms with Gasteiger partial charge < -0.3 is 5.84 Å². The Morgan fingerprint density at radius 3 is 1.59 bits per heavy atom. The number of rotatable bonds is 4. The van der Waals surface area contributed by atoms with Crippen molar-refractivity contribution in [3.8, 4) is 0 Å². The molecule has 0 aliphatic heterocycles. The molecule has 0 bridgehead atoms. The van der Waals surface area contributed by atoms with Gasteiger partial charge in [0.1, 0.15) is 5.71 Å². The second kappa shape index (κ2) is 5.36. The molecule has 0 saturated heterocycles. The van der Waals surface area contributed by atoms with Crippen molar-refractivity contribution in [1.82, 2.24) is 0 Å². The topological polar surface area (TPSA) is 38.4 Å². The maximum atomic E-state index is 13.6. The Morgan fingerprint density at radius 1 is 0.773 bits per heavy atom. The number of hydrogen-bond donors (Lipinski definition) is 1. The van der Waals surface area contributed by atoms with Crippen LogP contribution in [0, 0.1) is 0 Å². The molecule has 1 rings (SSSR count). The van der Waals surface area contributed by atoms with Crippen LogP contribution < -0.4 is 5.84 Å². The van der Waals surface area contributed by atoms with E-state index in [-0.39, 0.29) is 0 Å². The van der Waals surface area contributed by atoms with Crippen LogP contribution in [0.25, 0.3) is 0 Å². The van der Waals surface area contributed by atoms with Crippen molar-refractivity contribution in [1.29, 1.82) is 0 Å². The van der Waals surface area contributed by atoms with Gasteiger partial charge in [-0.3, -0.25) is 0 Å². The largest absolute Gasteiger partial charge is 0.460 e. The van der Waals surface area contributed by atoms with Crippen molar-refractivity contribution in [2.75, 3.05) is 0 Å². The summed E-state index contributed by atoms with van der Waals surface area (Å²) in [7, 11) is 0. The highest BCUT2D eigenvalue weighted by Gasteiger charge is 2.82. The fourth-order valence-corrected chi connectivity index (χ4v) is 1.46. The molecule has 22 heavy (non-hydrogen) atoms. The van der Waals surface area contributed by atoms with Gasteiger partial charge in [0.2, 0.25) is 0 Å². The van der Waals surface area contributed by atoms with Crippen LogP contribution in [-0.4, -0.2) is 29.7 Å². The fraction of sp³-hybridized carbons (Fsp3) is 0.364. The third-order valence-corrected chi connectivity index (χ3v) is 2.62. The van der Waals surface area contributed by atoms with Crippen LogP contribution in [0.15, 0.2) is 35.4 Å². The predicted molar refractivity (Wildman–Crippen MR) is 58.1 cm³/mol. The summed E-state index contributed by atoms with van der Waals surface area (Å²) >= 11 is 0. The molecule has 2 N–H and O–H groups in total. The van der Waals surface area contributed by atoms with Gasteiger partial charge in [0, 0.05) is 5.56 Å². The molecule has 0 saturated carbocycles. The molecule has 0 aliphatic carbocycles. The van der Waals surface area contributed by atoms with E-state index in [0.717, 1.165) is 24.3 Å². The van der Waals surface area contributed by atoms with E-state index in [0.29, 0.717) is 0 Å². The smallest absolute Gasteiger partial charge is 0.323 e. The maximum Gasteiger partial charge on any atom is 0.460 e. The highest BCUT2D eigenvalue weighted by molar-refractivity contribution is 6.06. The quantitative estimate of drug-likeness (QED) is 0.385. The number of nitrogens with zero attached hydrogens (tertiary/aromatic N) is 1. The summed E-state index contributed by atoms with van der Waals surface area (Å²) in [6.45, 7) is 0. The van der Waals surface area contributed by atoms with E-state index in [1.165, 1.54) is 6.07 Å². The first-order valence-electron chi connectivity index (χ1n) is 5.34. The van der Waals surface area contributed by atoms with Crippen LogP contribution in [0.3, 0.4) is 0 Å². The lowest BCUT2D eigenvalue weighted by Crippen LogP contribution is -2.63. The number of hydrogen-bond acceptors (Lipinski definition) is 2. The lowest BCUT2D eigenvalue weighted by molar-refractivity contribution is -0.384. The van der Waals surface area contributed by atoms with Gasteiger partial charge in [-0.15, -0.1) is 0 Å². The van der Waals surface area contributed by atoms with Crippen molar-refractivity contribution in [2.45, 2.75) is 23.9 Å². The first-order valence-corrected chi connectivity index (χ1v) is 5.34. The summed E-state index contributed by atoms with van der Waals surface area (Å²) in [5, 5.41) is 2.28. The molecule has 0 spiro atoms. The van der Waals surface area contributed by atoms with Crippen molar-refractivity contribution in [3.63, 3.8) is 0 Å². The number of halogens is 9. The Balaban J connectivity index is 3.44. The molecule has 0 atom stereocenters. The second-order valence-electron chi connectivity index (χ2n) is 4.06. The van der Waals surface area contributed by atoms with Crippen molar-refractivity contribution in [2.24, 2.45) is 10.9 Å². The normalized spacial score (nSPS) is 15.0. The summed E-state index contributed by atoms with van der Waals surface area (Å²) in [5.41, 5.74) is -2.92. The molecule has 1 aromatic rings. The predicted octanol–water partition coefficient (Wildman–Crippen LogP) is 3.82. The Morgan fingerprint density at radius 2 is 1.23 bits per heavy atom. The lowest BCUT2D eigenvalue weighted by Gasteiger charge is -2.34. The minimum atomic E-state index is -6.99. The van der Waals surface area contributed by atoms with E-state index in [1.807, 2.05) is 0 Å². The summed E-state index contributed by atoms with van der Waals surface area (Å²) in [6, 6.07) is 4.87. The molecule has 11 heteroatoms. The van der Waals surface area contributed by atoms with Crippen molar-refractivity contribution < 1.29 is 39.5 Å². The molecule has 0 unspecified atom stereocenters. The maximum absolute atomic E-state index is 13.6. The number of nitrogens with two attached hydrogens (primary N) is 1. The third-order valence-electron chi connectivity index (χ3n) is 2.62. The second-order valence-corrected chi connectivity index (χ2v) is 4.06. The zero-order valence-electron chi connectivity index (χ0n) is 10.3. The number of hydrazone groups is 1. The molecule has 124 valence electrons. The standard InChI is InChI=1S/C11H7F9N2/c12-8(13,7(22-21)6-4-2-1-3-5-6)9(14,15)10(16,17)11(18,19)20/h1-5H,21H2/b22-7-. The summed E-state index contributed by atoms with van der Waals surface area (Å²) < 4.78 is 115. The zero-order valence-corrected chi connectivity index (χ0v) is 10.3. The van der Waals surface area contributed by atoms with Gasteiger partial charge in [-0.05, 0) is 0 Å². The summed E-state index contributed by atoms with van der Waals surface area (Å²) in [4.78, 5) is 0. The molecule has 0 radical (unpaired) electrons.